The summed E-state index contributed by atoms with van der Waals surface area (Å²) in [6.07, 6.45) is 0.735. The van der Waals surface area contributed by atoms with Crippen molar-refractivity contribution < 1.29 is 28.6 Å². The van der Waals surface area contributed by atoms with Crippen LogP contribution in [0.1, 0.15) is 39.0 Å². The highest BCUT2D eigenvalue weighted by Crippen LogP contribution is 2.70. The number of fused-ring (bicyclic) bond motifs is 2. The Morgan fingerprint density at radius 2 is 2.19 bits per heavy atom. The molecule has 12 nitrogen and oxygen atoms in total. The maximum Gasteiger partial charge on any atom is 0.417 e. The average Bonchev–Trinajstić information content (AvgIpc) is 3.37. The van der Waals surface area contributed by atoms with Gasteiger partial charge in [-0.25, -0.2) is 9.97 Å². The standard InChI is InChI=1S/C19H28N6O6P/c1-19(2,3)24-28-5-4-6-29-32(27)15-12(9-30-32)31-18(14(15)26)25-8-11(7-20)13-16(21)22-10-23-17(13)25/h8,10,12,14-15,18,24,26-27H,4-6,9H2,1-3H3,(H2,21,22,23)/q+1. The summed E-state index contributed by atoms with van der Waals surface area (Å²) in [5.41, 5.74) is 8.55. The molecule has 0 spiro atoms. The molecule has 13 heteroatoms. The Kier molecular flexibility index (Phi) is 6.37. The van der Waals surface area contributed by atoms with Crippen molar-refractivity contribution in [2.45, 2.75) is 56.8 Å². The molecule has 0 radical (unpaired) electrons. The molecule has 4 heterocycles. The number of nitrogens with zero attached hydrogens (tertiary/aromatic N) is 4. The van der Waals surface area contributed by atoms with Crippen molar-refractivity contribution in [2.24, 2.45) is 0 Å². The van der Waals surface area contributed by atoms with E-state index in [-0.39, 0.29) is 30.1 Å². The number of rotatable bonds is 7. The van der Waals surface area contributed by atoms with E-state index in [1.54, 1.807) is 4.57 Å². The van der Waals surface area contributed by atoms with Crippen LogP contribution in [0.25, 0.3) is 11.0 Å². The third-order valence-corrected chi connectivity index (χ3v) is 7.68. The topological polar surface area (TPSA) is 170 Å². The van der Waals surface area contributed by atoms with Gasteiger partial charge in [-0.1, -0.05) is 0 Å². The fourth-order valence-electron chi connectivity index (χ4n) is 3.87. The normalized spacial score (nSPS) is 30.0. The summed E-state index contributed by atoms with van der Waals surface area (Å²) >= 11 is 0. The van der Waals surface area contributed by atoms with Crippen LogP contribution in [0.2, 0.25) is 0 Å². The molecule has 4 rings (SSSR count). The van der Waals surface area contributed by atoms with E-state index in [0.717, 1.165) is 0 Å². The molecule has 2 aromatic heterocycles. The van der Waals surface area contributed by atoms with Gasteiger partial charge in [0.1, 0.15) is 42.7 Å². The fraction of sp³-hybridized carbons (Fsp3) is 0.632. The quantitative estimate of drug-likeness (QED) is 0.260. The molecule has 5 N–H and O–H groups in total. The molecule has 2 aromatic rings. The first kappa shape index (κ1) is 23.2. The molecule has 32 heavy (non-hydrogen) atoms. The Hall–Kier alpha value is -1.94. The SMILES string of the molecule is CC(C)(C)NOCCCO[P+]1(O)OCC2OC(n3cc(C#N)c4c(N)ncnc43)C(O)C21. The first-order valence-corrected chi connectivity index (χ1v) is 11.9. The summed E-state index contributed by atoms with van der Waals surface area (Å²) in [7, 11) is -3.38. The van der Waals surface area contributed by atoms with Crippen LogP contribution in [0.15, 0.2) is 12.5 Å². The van der Waals surface area contributed by atoms with Crippen LogP contribution < -0.4 is 11.2 Å². The third-order valence-electron chi connectivity index (χ3n) is 5.22. The molecule has 5 atom stereocenters. The minimum Gasteiger partial charge on any atom is -0.384 e. The lowest BCUT2D eigenvalue weighted by Crippen LogP contribution is -2.36. The van der Waals surface area contributed by atoms with Gasteiger partial charge < -0.3 is 25.0 Å². The van der Waals surface area contributed by atoms with Crippen LogP contribution in [0, 0.1) is 11.3 Å². The zero-order chi connectivity index (χ0) is 23.1. The molecular weight excluding hydrogens is 439 g/mol. The maximum atomic E-state index is 11.1. The summed E-state index contributed by atoms with van der Waals surface area (Å²) in [6, 6.07) is 2.06. The Morgan fingerprint density at radius 1 is 1.41 bits per heavy atom. The van der Waals surface area contributed by atoms with E-state index in [9.17, 15) is 15.3 Å². The lowest BCUT2D eigenvalue weighted by molar-refractivity contribution is -0.0467. The van der Waals surface area contributed by atoms with Gasteiger partial charge in [-0.3, -0.25) is 0 Å². The molecule has 0 bridgehead atoms. The first-order chi connectivity index (χ1) is 15.1. The van der Waals surface area contributed by atoms with Gasteiger partial charge in [0.25, 0.3) is 0 Å². The number of hydroxylamine groups is 1. The van der Waals surface area contributed by atoms with Crippen LogP contribution >= 0.6 is 7.94 Å². The maximum absolute atomic E-state index is 11.1. The predicted octanol–water partition coefficient (Wildman–Crippen LogP) is 1.02. The van der Waals surface area contributed by atoms with Gasteiger partial charge in [-0.05, 0) is 20.8 Å². The number of nitrogens with two attached hydrogens (primary N) is 1. The molecule has 2 aliphatic heterocycles. The number of ether oxygens (including phenoxy) is 1. The highest BCUT2D eigenvalue weighted by Gasteiger charge is 2.69. The third kappa shape index (κ3) is 4.31. The second-order valence-electron chi connectivity index (χ2n) is 8.81. The van der Waals surface area contributed by atoms with Gasteiger partial charge in [0, 0.05) is 18.2 Å². The van der Waals surface area contributed by atoms with E-state index in [4.69, 9.17) is 24.4 Å². The summed E-state index contributed by atoms with van der Waals surface area (Å²) in [4.78, 5) is 24.6. The van der Waals surface area contributed by atoms with Gasteiger partial charge in [0.15, 0.2) is 6.23 Å². The van der Waals surface area contributed by atoms with Crippen molar-refractivity contribution >= 4 is 24.8 Å². The second kappa shape index (κ2) is 8.78. The van der Waals surface area contributed by atoms with Crippen molar-refractivity contribution in [3.05, 3.63) is 18.1 Å². The van der Waals surface area contributed by atoms with Gasteiger partial charge >= 0.3 is 7.94 Å². The smallest absolute Gasteiger partial charge is 0.384 e. The number of aliphatic hydroxyl groups excluding tert-OH is 1. The van der Waals surface area contributed by atoms with E-state index < -0.39 is 32.0 Å². The lowest BCUT2D eigenvalue weighted by Gasteiger charge is -2.22. The number of nitrogens with one attached hydrogen (secondary N) is 1. The number of aromatic nitrogens is 3. The molecule has 2 fully saturated rings. The van der Waals surface area contributed by atoms with E-state index in [1.807, 2.05) is 20.8 Å². The van der Waals surface area contributed by atoms with Crippen molar-refractivity contribution in [3.63, 3.8) is 0 Å². The molecule has 174 valence electrons. The number of hydrogen-bond acceptors (Lipinski definition) is 11. The Morgan fingerprint density at radius 3 is 2.91 bits per heavy atom. The Labute approximate surface area is 185 Å². The van der Waals surface area contributed by atoms with Gasteiger partial charge in [-0.2, -0.15) is 24.7 Å². The Bertz CT molecular complexity index is 1020. The van der Waals surface area contributed by atoms with Crippen LogP contribution in [0.4, 0.5) is 5.82 Å². The monoisotopic (exact) mass is 467 g/mol. The first-order valence-electron chi connectivity index (χ1n) is 10.3. The molecule has 2 aliphatic rings. The molecule has 2 saturated heterocycles. The lowest BCUT2D eigenvalue weighted by atomic mass is 10.1. The molecule has 0 aromatic carbocycles. The second-order valence-corrected chi connectivity index (χ2v) is 11.1. The highest BCUT2D eigenvalue weighted by atomic mass is 31.2. The molecule has 0 aliphatic carbocycles. The van der Waals surface area contributed by atoms with Crippen LogP contribution in [0.5, 0.6) is 0 Å². The number of anilines is 1. The van der Waals surface area contributed by atoms with Gasteiger partial charge in [0.05, 0.1) is 24.2 Å². The van der Waals surface area contributed by atoms with Crippen LogP contribution in [-0.4, -0.2) is 67.8 Å². The molecule has 0 amide bonds. The highest BCUT2D eigenvalue weighted by molar-refractivity contribution is 7.61. The fourth-order valence-corrected chi connectivity index (χ4v) is 6.15. The summed E-state index contributed by atoms with van der Waals surface area (Å²) in [5, 5.41) is 20.9. The van der Waals surface area contributed by atoms with E-state index in [0.29, 0.717) is 24.1 Å². The number of nitriles is 1. The summed E-state index contributed by atoms with van der Waals surface area (Å²) in [6.45, 7) is 6.63. The van der Waals surface area contributed by atoms with Crippen LogP contribution in [-0.2, 0) is 18.6 Å². The van der Waals surface area contributed by atoms with E-state index >= 15 is 0 Å². The summed E-state index contributed by atoms with van der Waals surface area (Å²) in [5.74, 6) is 0.164. The molecule has 0 saturated carbocycles. The number of hydrogen-bond donors (Lipinski definition) is 4. The van der Waals surface area contributed by atoms with Crippen molar-refractivity contribution in [1.29, 1.82) is 5.26 Å². The zero-order valence-corrected chi connectivity index (χ0v) is 19.0. The zero-order valence-electron chi connectivity index (χ0n) is 18.1. The minimum atomic E-state index is -3.38. The van der Waals surface area contributed by atoms with Crippen molar-refractivity contribution in [1.82, 2.24) is 20.0 Å². The predicted molar refractivity (Wildman–Crippen MR) is 115 cm³/mol. The molecule has 5 unspecified atom stereocenters. The van der Waals surface area contributed by atoms with Crippen LogP contribution in [0.3, 0.4) is 0 Å². The number of nitrogen functional groups attached to an aromatic ring is 1. The molecular formula is C19H28N6O6P+. The van der Waals surface area contributed by atoms with Gasteiger partial charge in [0.2, 0.25) is 5.66 Å². The largest absolute Gasteiger partial charge is 0.417 e. The van der Waals surface area contributed by atoms with Gasteiger partial charge in [-0.15, -0.1) is 0 Å². The van der Waals surface area contributed by atoms with E-state index in [2.05, 4.69) is 21.5 Å². The van der Waals surface area contributed by atoms with E-state index in [1.165, 1.54) is 12.5 Å². The Balaban J connectivity index is 1.45. The van der Waals surface area contributed by atoms with Crippen molar-refractivity contribution in [3.8, 4) is 6.07 Å². The summed E-state index contributed by atoms with van der Waals surface area (Å²) < 4.78 is 18.8. The minimum absolute atomic E-state index is 0.0893. The average molecular weight is 467 g/mol. The number of aliphatic hydroxyl groups is 1. The van der Waals surface area contributed by atoms with Crippen molar-refractivity contribution in [2.75, 3.05) is 25.6 Å².